The number of rotatable bonds is 7. The molecule has 0 bridgehead atoms. The normalized spacial score (nSPS) is 16.8. The SMILES string of the molecule is CNCC1(CNCCc2ccc(F)c(C)c2)CC1. The van der Waals surface area contributed by atoms with Crippen molar-refractivity contribution in [1.29, 1.82) is 0 Å². The van der Waals surface area contributed by atoms with Crippen LogP contribution in [0.4, 0.5) is 4.39 Å². The predicted octanol–water partition coefficient (Wildman–Crippen LogP) is 2.27. The molecular weight excluding hydrogens is 227 g/mol. The molecule has 1 aliphatic carbocycles. The van der Waals surface area contributed by atoms with Crippen LogP contribution in [-0.2, 0) is 6.42 Å². The first-order valence-corrected chi connectivity index (χ1v) is 6.76. The summed E-state index contributed by atoms with van der Waals surface area (Å²) in [6, 6.07) is 5.38. The number of benzene rings is 1. The molecule has 0 unspecified atom stereocenters. The van der Waals surface area contributed by atoms with Gasteiger partial charge in [-0.1, -0.05) is 12.1 Å². The van der Waals surface area contributed by atoms with Crippen LogP contribution in [0.3, 0.4) is 0 Å². The fourth-order valence-corrected chi connectivity index (χ4v) is 2.42. The predicted molar refractivity (Wildman–Crippen MR) is 73.3 cm³/mol. The number of hydrogen-bond acceptors (Lipinski definition) is 2. The number of aryl methyl sites for hydroxylation is 1. The van der Waals surface area contributed by atoms with E-state index in [1.807, 2.05) is 26.1 Å². The third-order valence-electron chi connectivity index (χ3n) is 3.82. The van der Waals surface area contributed by atoms with Crippen molar-refractivity contribution in [1.82, 2.24) is 10.6 Å². The molecule has 3 heteroatoms. The minimum atomic E-state index is -0.113. The van der Waals surface area contributed by atoms with Gasteiger partial charge in [0.25, 0.3) is 0 Å². The third-order valence-corrected chi connectivity index (χ3v) is 3.82. The zero-order valence-corrected chi connectivity index (χ0v) is 11.4. The first-order valence-electron chi connectivity index (χ1n) is 6.76. The Morgan fingerprint density at radius 3 is 2.67 bits per heavy atom. The maximum Gasteiger partial charge on any atom is 0.126 e. The number of nitrogens with one attached hydrogen (secondary N) is 2. The van der Waals surface area contributed by atoms with Gasteiger partial charge in [0.1, 0.15) is 5.82 Å². The van der Waals surface area contributed by atoms with Gasteiger partial charge in [0.15, 0.2) is 0 Å². The molecule has 0 aliphatic heterocycles. The van der Waals surface area contributed by atoms with Crippen LogP contribution in [0.25, 0.3) is 0 Å². The quantitative estimate of drug-likeness (QED) is 0.725. The summed E-state index contributed by atoms with van der Waals surface area (Å²) in [5.74, 6) is -0.113. The smallest absolute Gasteiger partial charge is 0.126 e. The van der Waals surface area contributed by atoms with Crippen LogP contribution in [0.15, 0.2) is 18.2 Å². The second kappa shape index (κ2) is 5.81. The van der Waals surface area contributed by atoms with Crippen LogP contribution >= 0.6 is 0 Å². The lowest BCUT2D eigenvalue weighted by atomic mass is 10.1. The fourth-order valence-electron chi connectivity index (χ4n) is 2.42. The lowest BCUT2D eigenvalue weighted by Crippen LogP contribution is -2.32. The van der Waals surface area contributed by atoms with E-state index in [0.29, 0.717) is 5.41 Å². The number of halogens is 1. The molecule has 0 radical (unpaired) electrons. The van der Waals surface area contributed by atoms with Gasteiger partial charge >= 0.3 is 0 Å². The van der Waals surface area contributed by atoms with Crippen LogP contribution < -0.4 is 10.6 Å². The minimum Gasteiger partial charge on any atom is -0.319 e. The van der Waals surface area contributed by atoms with Crippen LogP contribution in [-0.4, -0.2) is 26.7 Å². The first kappa shape index (κ1) is 13.5. The van der Waals surface area contributed by atoms with E-state index < -0.39 is 0 Å². The summed E-state index contributed by atoms with van der Waals surface area (Å²) in [6.07, 6.45) is 3.63. The highest BCUT2D eigenvalue weighted by Crippen LogP contribution is 2.44. The van der Waals surface area contributed by atoms with Crippen molar-refractivity contribution in [2.45, 2.75) is 26.2 Å². The molecule has 1 aromatic carbocycles. The molecule has 0 saturated heterocycles. The molecule has 0 spiro atoms. The molecule has 1 fully saturated rings. The van der Waals surface area contributed by atoms with Gasteiger partial charge < -0.3 is 10.6 Å². The van der Waals surface area contributed by atoms with E-state index >= 15 is 0 Å². The second-order valence-electron chi connectivity index (χ2n) is 5.54. The van der Waals surface area contributed by atoms with Crippen LogP contribution in [0.1, 0.15) is 24.0 Å². The molecule has 0 atom stereocenters. The number of hydrogen-bond donors (Lipinski definition) is 2. The summed E-state index contributed by atoms with van der Waals surface area (Å²) in [5, 5.41) is 6.78. The van der Waals surface area contributed by atoms with E-state index in [-0.39, 0.29) is 5.82 Å². The van der Waals surface area contributed by atoms with E-state index in [4.69, 9.17) is 0 Å². The molecule has 1 aliphatic rings. The van der Waals surface area contributed by atoms with Gasteiger partial charge in [-0.2, -0.15) is 0 Å². The maximum absolute atomic E-state index is 13.1. The maximum atomic E-state index is 13.1. The largest absolute Gasteiger partial charge is 0.319 e. The van der Waals surface area contributed by atoms with Crippen molar-refractivity contribution >= 4 is 0 Å². The fraction of sp³-hybridized carbons (Fsp3) is 0.600. The van der Waals surface area contributed by atoms with E-state index in [2.05, 4.69) is 10.6 Å². The van der Waals surface area contributed by atoms with Crippen molar-refractivity contribution in [3.63, 3.8) is 0 Å². The van der Waals surface area contributed by atoms with Gasteiger partial charge in [0, 0.05) is 13.1 Å². The van der Waals surface area contributed by atoms with Crippen molar-refractivity contribution in [2.75, 3.05) is 26.7 Å². The lowest BCUT2D eigenvalue weighted by Gasteiger charge is -2.15. The molecular formula is C15H23FN2. The molecule has 2 rings (SSSR count). The van der Waals surface area contributed by atoms with Gasteiger partial charge in [0.2, 0.25) is 0 Å². The zero-order valence-electron chi connectivity index (χ0n) is 11.4. The first-order chi connectivity index (χ1) is 8.65. The van der Waals surface area contributed by atoms with Gasteiger partial charge in [-0.25, -0.2) is 4.39 Å². The van der Waals surface area contributed by atoms with Gasteiger partial charge in [0.05, 0.1) is 0 Å². The Hall–Kier alpha value is -0.930. The van der Waals surface area contributed by atoms with Gasteiger partial charge in [-0.05, 0) is 62.4 Å². The summed E-state index contributed by atoms with van der Waals surface area (Å²) < 4.78 is 13.1. The summed E-state index contributed by atoms with van der Waals surface area (Å²) in [7, 11) is 2.02. The van der Waals surface area contributed by atoms with Crippen LogP contribution in [0, 0.1) is 18.2 Å². The molecule has 0 heterocycles. The Morgan fingerprint density at radius 1 is 1.28 bits per heavy atom. The highest BCUT2D eigenvalue weighted by Gasteiger charge is 2.41. The van der Waals surface area contributed by atoms with Crippen LogP contribution in [0.2, 0.25) is 0 Å². The van der Waals surface area contributed by atoms with E-state index in [1.54, 1.807) is 6.07 Å². The highest BCUT2D eigenvalue weighted by atomic mass is 19.1. The minimum absolute atomic E-state index is 0.113. The Labute approximate surface area is 109 Å². The summed E-state index contributed by atoms with van der Waals surface area (Å²) in [6.45, 7) is 4.98. The standard InChI is InChI=1S/C15H23FN2/c1-12-9-13(3-4-14(12)16)5-8-18-11-15(6-7-15)10-17-2/h3-4,9,17-18H,5-8,10-11H2,1-2H3. The molecule has 0 amide bonds. The lowest BCUT2D eigenvalue weighted by molar-refractivity contribution is 0.441. The summed E-state index contributed by atoms with van der Waals surface area (Å²) in [5.41, 5.74) is 2.45. The highest BCUT2D eigenvalue weighted by molar-refractivity contribution is 5.24. The monoisotopic (exact) mass is 250 g/mol. The second-order valence-corrected chi connectivity index (χ2v) is 5.54. The molecule has 1 aromatic rings. The van der Waals surface area contributed by atoms with E-state index in [0.717, 1.165) is 31.6 Å². The van der Waals surface area contributed by atoms with E-state index in [1.165, 1.54) is 18.4 Å². The van der Waals surface area contributed by atoms with Crippen LogP contribution in [0.5, 0.6) is 0 Å². The topological polar surface area (TPSA) is 24.1 Å². The molecule has 2 nitrogen and oxygen atoms in total. The zero-order chi connectivity index (χ0) is 13.0. The molecule has 0 aromatic heterocycles. The average molecular weight is 250 g/mol. The average Bonchev–Trinajstić information content (AvgIpc) is 3.10. The van der Waals surface area contributed by atoms with Gasteiger partial charge in [-0.3, -0.25) is 0 Å². The Kier molecular flexibility index (Phi) is 4.36. The Morgan fingerprint density at radius 2 is 2.06 bits per heavy atom. The Bertz CT molecular complexity index is 399. The van der Waals surface area contributed by atoms with Crippen molar-refractivity contribution in [3.8, 4) is 0 Å². The summed E-state index contributed by atoms with van der Waals surface area (Å²) >= 11 is 0. The molecule has 100 valence electrons. The third kappa shape index (κ3) is 3.53. The van der Waals surface area contributed by atoms with Crippen molar-refractivity contribution in [2.24, 2.45) is 5.41 Å². The molecule has 1 saturated carbocycles. The molecule has 2 N–H and O–H groups in total. The van der Waals surface area contributed by atoms with Crippen molar-refractivity contribution < 1.29 is 4.39 Å². The van der Waals surface area contributed by atoms with Crippen molar-refractivity contribution in [3.05, 3.63) is 35.1 Å². The molecule has 18 heavy (non-hydrogen) atoms. The Balaban J connectivity index is 1.70. The van der Waals surface area contributed by atoms with E-state index in [9.17, 15) is 4.39 Å². The van der Waals surface area contributed by atoms with Gasteiger partial charge in [-0.15, -0.1) is 0 Å². The summed E-state index contributed by atoms with van der Waals surface area (Å²) in [4.78, 5) is 0.